The molecule has 8 heteroatoms. The molecule has 0 saturated carbocycles. The molecule has 240 valence electrons. The van der Waals surface area contributed by atoms with Gasteiger partial charge in [-0.15, -0.1) is 0 Å². The number of carbonyl (C=O) groups excluding carboxylic acids is 2. The van der Waals surface area contributed by atoms with Gasteiger partial charge in [0.25, 0.3) is 5.91 Å². The van der Waals surface area contributed by atoms with Crippen molar-refractivity contribution in [3.63, 3.8) is 0 Å². The summed E-state index contributed by atoms with van der Waals surface area (Å²) in [6.45, 7) is 10.1. The summed E-state index contributed by atoms with van der Waals surface area (Å²) in [5.74, 6) is 1.22. The van der Waals surface area contributed by atoms with Crippen LogP contribution in [-0.2, 0) is 20.8 Å². The minimum absolute atomic E-state index is 0.115. The number of ether oxygens (including phenoxy) is 4. The van der Waals surface area contributed by atoms with E-state index in [1.54, 1.807) is 24.0 Å². The normalized spacial score (nSPS) is 13.4. The van der Waals surface area contributed by atoms with Gasteiger partial charge in [0.2, 0.25) is 0 Å². The molecule has 0 N–H and O–H groups in total. The molecule has 0 aliphatic carbocycles. The number of methoxy groups -OCH3 is 2. The Morgan fingerprint density at radius 2 is 1.58 bits per heavy atom. The Hall–Kier alpha value is -4.30. The third-order valence-electron chi connectivity index (χ3n) is 7.55. The number of hydrogen-bond acceptors (Lipinski definition) is 6. The summed E-state index contributed by atoms with van der Waals surface area (Å²) in [5.41, 5.74) is 4.95. The van der Waals surface area contributed by atoms with Crippen LogP contribution in [0.3, 0.4) is 0 Å². The lowest BCUT2D eigenvalue weighted by molar-refractivity contribution is -0.127. The molecule has 0 radical (unpaired) electrons. The van der Waals surface area contributed by atoms with Crippen molar-refractivity contribution in [2.45, 2.75) is 52.7 Å². The smallest absolute Gasteiger partial charge is 0.410 e. The number of benzene rings is 3. The van der Waals surface area contributed by atoms with Crippen LogP contribution in [0, 0.1) is 0 Å². The lowest BCUT2D eigenvalue weighted by Crippen LogP contribution is -2.44. The maximum atomic E-state index is 14.4. The van der Waals surface area contributed by atoms with Gasteiger partial charge in [-0.05, 0) is 80.1 Å². The van der Waals surface area contributed by atoms with E-state index in [-0.39, 0.29) is 12.5 Å². The monoisotopic (exact) mass is 614 g/mol. The molecule has 1 heterocycles. The zero-order valence-electron chi connectivity index (χ0n) is 27.4. The molecular weight excluding hydrogens is 568 g/mol. The fourth-order valence-corrected chi connectivity index (χ4v) is 5.33. The summed E-state index contributed by atoms with van der Waals surface area (Å²) >= 11 is 0. The number of likely N-dealkylation sites (N-methyl/N-ethyl adjacent to an activating group) is 1. The van der Waals surface area contributed by atoms with Crippen molar-refractivity contribution in [1.82, 2.24) is 9.80 Å². The van der Waals surface area contributed by atoms with E-state index in [4.69, 9.17) is 18.9 Å². The molecule has 0 unspecified atom stereocenters. The van der Waals surface area contributed by atoms with Gasteiger partial charge in [-0.25, -0.2) is 4.79 Å². The number of rotatable bonds is 12. The molecule has 0 spiro atoms. The van der Waals surface area contributed by atoms with E-state index in [1.807, 2.05) is 76.2 Å². The van der Waals surface area contributed by atoms with Crippen LogP contribution in [-0.4, -0.2) is 74.5 Å². The van der Waals surface area contributed by atoms with Crippen LogP contribution in [0.5, 0.6) is 11.5 Å². The van der Waals surface area contributed by atoms with E-state index in [0.29, 0.717) is 56.3 Å². The molecule has 45 heavy (non-hydrogen) atoms. The average molecular weight is 615 g/mol. The molecule has 8 nitrogen and oxygen atoms in total. The van der Waals surface area contributed by atoms with Crippen molar-refractivity contribution < 1.29 is 28.5 Å². The van der Waals surface area contributed by atoms with Gasteiger partial charge in [-0.2, -0.15) is 0 Å². The highest BCUT2D eigenvalue weighted by atomic mass is 16.6. The van der Waals surface area contributed by atoms with Crippen LogP contribution < -0.4 is 9.47 Å². The lowest BCUT2D eigenvalue weighted by Gasteiger charge is -2.34. The maximum Gasteiger partial charge on any atom is 0.410 e. The molecular formula is C37H46N2O6. The van der Waals surface area contributed by atoms with E-state index in [0.717, 1.165) is 34.2 Å². The van der Waals surface area contributed by atoms with Crippen LogP contribution >= 0.6 is 0 Å². The second kappa shape index (κ2) is 15.6. The zero-order chi connectivity index (χ0) is 32.4. The third kappa shape index (κ3) is 9.35. The molecule has 4 rings (SSSR count). The fraction of sp³-hybridized carbons (Fsp3) is 0.405. The van der Waals surface area contributed by atoms with Gasteiger partial charge >= 0.3 is 6.09 Å². The Bertz CT molecular complexity index is 1480. The summed E-state index contributed by atoms with van der Waals surface area (Å²) in [6.07, 6.45) is 0.879. The van der Waals surface area contributed by atoms with E-state index in [2.05, 4.69) is 24.3 Å². The van der Waals surface area contributed by atoms with Crippen molar-refractivity contribution in [1.29, 1.82) is 0 Å². The molecule has 0 aromatic heterocycles. The van der Waals surface area contributed by atoms with Gasteiger partial charge < -0.3 is 28.7 Å². The number of carbonyl (C=O) groups is 2. The first-order chi connectivity index (χ1) is 21.6. The Morgan fingerprint density at radius 1 is 0.867 bits per heavy atom. The van der Waals surface area contributed by atoms with Gasteiger partial charge in [0, 0.05) is 51.4 Å². The zero-order valence-corrected chi connectivity index (χ0v) is 27.4. The summed E-state index contributed by atoms with van der Waals surface area (Å²) in [4.78, 5) is 31.0. The largest absolute Gasteiger partial charge is 0.497 e. The van der Waals surface area contributed by atoms with Gasteiger partial charge in [0.15, 0.2) is 0 Å². The van der Waals surface area contributed by atoms with Crippen LogP contribution in [0.2, 0.25) is 0 Å². The van der Waals surface area contributed by atoms with Crippen molar-refractivity contribution in [2.24, 2.45) is 0 Å². The first kappa shape index (κ1) is 33.6. The average Bonchev–Trinajstić information content (AvgIpc) is 3.04. The SMILES string of the molecule is CCN(Cc1cc(OC)cc(OCCCOC)c1)C(=O)C1=C(c2cccc(-c3ccccc3)c2)CCN(C(=O)OC(C)(C)C)C1. The second-order valence-electron chi connectivity index (χ2n) is 12.1. The first-order valence-corrected chi connectivity index (χ1v) is 15.6. The Kier molecular flexibility index (Phi) is 11.7. The van der Waals surface area contributed by atoms with Crippen molar-refractivity contribution in [2.75, 3.05) is 47.1 Å². The quantitative estimate of drug-likeness (QED) is 0.201. The molecule has 0 fully saturated rings. The van der Waals surface area contributed by atoms with E-state index in [9.17, 15) is 9.59 Å². The highest BCUT2D eigenvalue weighted by molar-refractivity contribution is 6.03. The molecule has 0 saturated heterocycles. The van der Waals surface area contributed by atoms with Gasteiger partial charge in [0.05, 0.1) is 20.3 Å². The molecule has 0 bridgehead atoms. The van der Waals surface area contributed by atoms with Crippen molar-refractivity contribution >= 4 is 17.6 Å². The molecule has 2 amide bonds. The van der Waals surface area contributed by atoms with E-state index in [1.165, 1.54) is 0 Å². The summed E-state index contributed by atoms with van der Waals surface area (Å²) < 4.78 is 22.3. The van der Waals surface area contributed by atoms with E-state index < -0.39 is 11.7 Å². The number of nitrogens with zero attached hydrogens (tertiary/aromatic N) is 2. The lowest BCUT2D eigenvalue weighted by atomic mass is 9.90. The number of amides is 2. The summed E-state index contributed by atoms with van der Waals surface area (Å²) in [6, 6.07) is 24.2. The minimum Gasteiger partial charge on any atom is -0.497 e. The molecule has 1 aliphatic heterocycles. The van der Waals surface area contributed by atoms with Gasteiger partial charge in [0.1, 0.15) is 17.1 Å². The standard InChI is InChI=1S/C37H46N2O6/c1-7-38(25-27-21-31(43-6)24-32(22-27)44-20-12-19-42-5)35(40)34-26-39(36(41)45-37(2,3)4)18-17-33(34)30-16-11-15-29(23-30)28-13-9-8-10-14-28/h8-11,13-16,21-24H,7,12,17-20,25-26H2,1-6H3. The van der Waals surface area contributed by atoms with Crippen molar-refractivity contribution in [3.05, 3.63) is 89.5 Å². The molecule has 3 aromatic rings. The molecule has 0 atom stereocenters. The number of hydrogen-bond donors (Lipinski definition) is 0. The summed E-state index contributed by atoms with van der Waals surface area (Å²) in [5, 5.41) is 0. The Balaban J connectivity index is 1.68. The van der Waals surface area contributed by atoms with Crippen LogP contribution in [0.1, 0.15) is 51.7 Å². The minimum atomic E-state index is -0.638. The van der Waals surface area contributed by atoms with Crippen LogP contribution in [0.25, 0.3) is 16.7 Å². The van der Waals surface area contributed by atoms with Gasteiger partial charge in [-0.1, -0.05) is 48.5 Å². The van der Waals surface area contributed by atoms with E-state index >= 15 is 0 Å². The Morgan fingerprint density at radius 3 is 2.27 bits per heavy atom. The third-order valence-corrected chi connectivity index (χ3v) is 7.55. The highest BCUT2D eigenvalue weighted by Crippen LogP contribution is 2.33. The molecule has 1 aliphatic rings. The second-order valence-corrected chi connectivity index (χ2v) is 12.1. The molecule has 3 aromatic carbocycles. The van der Waals surface area contributed by atoms with Crippen molar-refractivity contribution in [3.8, 4) is 22.6 Å². The topological polar surface area (TPSA) is 77.5 Å². The van der Waals surface area contributed by atoms with Crippen LogP contribution in [0.15, 0.2) is 78.4 Å². The fourth-order valence-electron chi connectivity index (χ4n) is 5.33. The van der Waals surface area contributed by atoms with Gasteiger partial charge in [-0.3, -0.25) is 4.79 Å². The predicted molar refractivity (Wildman–Crippen MR) is 177 cm³/mol. The Labute approximate surface area is 267 Å². The predicted octanol–water partition coefficient (Wildman–Crippen LogP) is 7.22. The van der Waals surface area contributed by atoms with Crippen LogP contribution in [0.4, 0.5) is 4.79 Å². The first-order valence-electron chi connectivity index (χ1n) is 15.6. The summed E-state index contributed by atoms with van der Waals surface area (Å²) in [7, 11) is 3.28. The highest BCUT2D eigenvalue weighted by Gasteiger charge is 2.32. The maximum absolute atomic E-state index is 14.4.